The Morgan fingerprint density at radius 2 is 2.00 bits per heavy atom. The molecule has 0 bridgehead atoms. The molecular weight excluding hydrogens is 246 g/mol. The molecule has 1 aromatic carbocycles. The van der Waals surface area contributed by atoms with Gasteiger partial charge in [0.15, 0.2) is 0 Å². The monoisotopic (exact) mass is 267 g/mol. The Labute approximate surface area is 114 Å². The standard InChI is InChI=1S/C15H22ClNO/c1-10(2)11-7-8-13(17)15(9-11)18-14-6-4-3-5-12(14)16/h3-6,10-11,13,15H,7-9,17H2,1-2H3. The molecule has 1 fully saturated rings. The third-order valence-corrected chi connectivity index (χ3v) is 4.25. The van der Waals surface area contributed by atoms with E-state index >= 15 is 0 Å². The Hall–Kier alpha value is -0.730. The highest BCUT2D eigenvalue weighted by Crippen LogP contribution is 2.33. The Balaban J connectivity index is 2.05. The lowest BCUT2D eigenvalue weighted by molar-refractivity contribution is 0.0868. The lowest BCUT2D eigenvalue weighted by atomic mass is 9.78. The second-order valence-corrected chi connectivity index (χ2v) is 5.97. The summed E-state index contributed by atoms with van der Waals surface area (Å²) in [5.41, 5.74) is 6.17. The lowest BCUT2D eigenvalue weighted by Crippen LogP contribution is -2.44. The van der Waals surface area contributed by atoms with E-state index in [1.54, 1.807) is 0 Å². The van der Waals surface area contributed by atoms with Crippen LogP contribution in [-0.2, 0) is 0 Å². The van der Waals surface area contributed by atoms with Gasteiger partial charge in [-0.05, 0) is 43.2 Å². The first-order valence-corrected chi connectivity index (χ1v) is 7.12. The van der Waals surface area contributed by atoms with Crippen LogP contribution in [0.4, 0.5) is 0 Å². The van der Waals surface area contributed by atoms with Crippen LogP contribution in [-0.4, -0.2) is 12.1 Å². The minimum absolute atomic E-state index is 0.0889. The molecule has 100 valence electrons. The minimum atomic E-state index is 0.0889. The first-order chi connectivity index (χ1) is 8.58. The summed E-state index contributed by atoms with van der Waals surface area (Å²) in [5.74, 6) is 2.15. The van der Waals surface area contributed by atoms with Gasteiger partial charge in [-0.25, -0.2) is 0 Å². The van der Waals surface area contributed by atoms with Crippen LogP contribution in [0.5, 0.6) is 5.75 Å². The van der Waals surface area contributed by atoms with Gasteiger partial charge < -0.3 is 10.5 Å². The zero-order valence-corrected chi connectivity index (χ0v) is 11.9. The van der Waals surface area contributed by atoms with E-state index in [0.717, 1.165) is 18.6 Å². The van der Waals surface area contributed by atoms with Gasteiger partial charge in [0, 0.05) is 6.04 Å². The van der Waals surface area contributed by atoms with Crippen molar-refractivity contribution in [3.05, 3.63) is 29.3 Å². The lowest BCUT2D eigenvalue weighted by Gasteiger charge is -2.36. The second-order valence-electron chi connectivity index (χ2n) is 5.57. The predicted molar refractivity (Wildman–Crippen MR) is 76.0 cm³/mol. The number of halogens is 1. The Morgan fingerprint density at radius 3 is 2.67 bits per heavy atom. The fourth-order valence-electron chi connectivity index (χ4n) is 2.63. The number of rotatable bonds is 3. The summed E-state index contributed by atoms with van der Waals surface area (Å²) in [4.78, 5) is 0. The highest BCUT2D eigenvalue weighted by atomic mass is 35.5. The summed E-state index contributed by atoms with van der Waals surface area (Å²) >= 11 is 6.12. The van der Waals surface area contributed by atoms with Crippen LogP contribution in [0.3, 0.4) is 0 Å². The highest BCUT2D eigenvalue weighted by molar-refractivity contribution is 6.32. The van der Waals surface area contributed by atoms with Crippen molar-refractivity contribution >= 4 is 11.6 Å². The van der Waals surface area contributed by atoms with E-state index in [1.807, 2.05) is 24.3 Å². The number of benzene rings is 1. The molecule has 1 aliphatic rings. The largest absolute Gasteiger partial charge is 0.487 e. The maximum atomic E-state index is 6.17. The molecule has 2 nitrogen and oxygen atoms in total. The third-order valence-electron chi connectivity index (χ3n) is 3.94. The van der Waals surface area contributed by atoms with Crippen LogP contribution in [0.25, 0.3) is 0 Å². The summed E-state index contributed by atoms with van der Waals surface area (Å²) in [6.07, 6.45) is 3.37. The minimum Gasteiger partial charge on any atom is -0.487 e. The molecular formula is C15H22ClNO. The van der Waals surface area contributed by atoms with Crippen molar-refractivity contribution in [2.24, 2.45) is 17.6 Å². The molecule has 3 unspecified atom stereocenters. The Bertz CT molecular complexity index is 394. The zero-order valence-electron chi connectivity index (χ0n) is 11.1. The Kier molecular flexibility index (Phi) is 4.52. The summed E-state index contributed by atoms with van der Waals surface area (Å²) in [6.45, 7) is 4.54. The van der Waals surface area contributed by atoms with Gasteiger partial charge >= 0.3 is 0 Å². The predicted octanol–water partition coefficient (Wildman–Crippen LogP) is 3.87. The molecule has 0 aliphatic heterocycles. The first kappa shape index (κ1) is 13.7. The van der Waals surface area contributed by atoms with Gasteiger partial charge in [-0.3, -0.25) is 0 Å². The van der Waals surface area contributed by atoms with Crippen LogP contribution in [0.2, 0.25) is 5.02 Å². The number of hydrogen-bond donors (Lipinski definition) is 1. The van der Waals surface area contributed by atoms with Gasteiger partial charge in [-0.1, -0.05) is 37.6 Å². The molecule has 1 aliphatic carbocycles. The van der Waals surface area contributed by atoms with E-state index in [9.17, 15) is 0 Å². The molecule has 0 heterocycles. The third kappa shape index (κ3) is 3.18. The van der Waals surface area contributed by atoms with Crippen LogP contribution in [0.1, 0.15) is 33.1 Å². The molecule has 3 heteroatoms. The Morgan fingerprint density at radius 1 is 1.28 bits per heavy atom. The van der Waals surface area contributed by atoms with Gasteiger partial charge in [-0.15, -0.1) is 0 Å². The van der Waals surface area contributed by atoms with Crippen LogP contribution >= 0.6 is 11.6 Å². The van der Waals surface area contributed by atoms with Gasteiger partial charge in [0.25, 0.3) is 0 Å². The van der Waals surface area contributed by atoms with E-state index in [1.165, 1.54) is 6.42 Å². The zero-order chi connectivity index (χ0) is 13.1. The molecule has 18 heavy (non-hydrogen) atoms. The number of hydrogen-bond acceptors (Lipinski definition) is 2. The van der Waals surface area contributed by atoms with Crippen LogP contribution in [0, 0.1) is 11.8 Å². The van der Waals surface area contributed by atoms with Gasteiger partial charge in [0.05, 0.1) is 5.02 Å². The molecule has 1 aromatic rings. The van der Waals surface area contributed by atoms with Crippen molar-refractivity contribution in [2.45, 2.75) is 45.3 Å². The van der Waals surface area contributed by atoms with E-state index in [-0.39, 0.29) is 12.1 Å². The molecule has 3 atom stereocenters. The van der Waals surface area contributed by atoms with Crippen molar-refractivity contribution in [3.8, 4) is 5.75 Å². The molecule has 0 amide bonds. The number of nitrogens with two attached hydrogens (primary N) is 1. The quantitative estimate of drug-likeness (QED) is 0.902. The highest BCUT2D eigenvalue weighted by Gasteiger charge is 2.31. The maximum absolute atomic E-state index is 6.17. The van der Waals surface area contributed by atoms with E-state index in [4.69, 9.17) is 22.1 Å². The molecule has 2 rings (SSSR count). The topological polar surface area (TPSA) is 35.2 Å². The normalized spacial score (nSPS) is 28.4. The average Bonchev–Trinajstić information content (AvgIpc) is 2.34. The fraction of sp³-hybridized carbons (Fsp3) is 0.600. The fourth-order valence-corrected chi connectivity index (χ4v) is 2.81. The molecule has 0 saturated heterocycles. The second kappa shape index (κ2) is 5.94. The van der Waals surface area contributed by atoms with E-state index in [0.29, 0.717) is 16.9 Å². The van der Waals surface area contributed by atoms with Crippen molar-refractivity contribution in [2.75, 3.05) is 0 Å². The molecule has 0 aromatic heterocycles. The SMILES string of the molecule is CC(C)C1CCC(N)C(Oc2ccccc2Cl)C1. The van der Waals surface area contributed by atoms with Gasteiger partial charge in [0.1, 0.15) is 11.9 Å². The summed E-state index contributed by atoms with van der Waals surface area (Å²) in [7, 11) is 0. The number of ether oxygens (including phenoxy) is 1. The van der Waals surface area contributed by atoms with Gasteiger partial charge in [0.2, 0.25) is 0 Å². The molecule has 0 spiro atoms. The van der Waals surface area contributed by atoms with E-state index < -0.39 is 0 Å². The van der Waals surface area contributed by atoms with Crippen molar-refractivity contribution in [1.29, 1.82) is 0 Å². The molecule has 0 radical (unpaired) electrons. The van der Waals surface area contributed by atoms with Gasteiger partial charge in [-0.2, -0.15) is 0 Å². The molecule has 1 saturated carbocycles. The van der Waals surface area contributed by atoms with Crippen molar-refractivity contribution < 1.29 is 4.74 Å². The summed E-state index contributed by atoms with van der Waals surface area (Å²) in [5, 5.41) is 0.663. The van der Waals surface area contributed by atoms with Crippen molar-refractivity contribution in [1.82, 2.24) is 0 Å². The van der Waals surface area contributed by atoms with Crippen molar-refractivity contribution in [3.63, 3.8) is 0 Å². The van der Waals surface area contributed by atoms with Crippen LogP contribution < -0.4 is 10.5 Å². The maximum Gasteiger partial charge on any atom is 0.138 e. The molecule has 2 N–H and O–H groups in total. The van der Waals surface area contributed by atoms with E-state index in [2.05, 4.69) is 13.8 Å². The number of para-hydroxylation sites is 1. The first-order valence-electron chi connectivity index (χ1n) is 6.74. The average molecular weight is 268 g/mol. The smallest absolute Gasteiger partial charge is 0.138 e. The van der Waals surface area contributed by atoms with Crippen LogP contribution in [0.15, 0.2) is 24.3 Å². The summed E-state index contributed by atoms with van der Waals surface area (Å²) in [6, 6.07) is 7.73. The summed E-state index contributed by atoms with van der Waals surface area (Å²) < 4.78 is 6.02.